The number of aryl methyl sites for hydroxylation is 1. The lowest BCUT2D eigenvalue weighted by Crippen LogP contribution is -2.32. The van der Waals surface area contributed by atoms with Crippen molar-refractivity contribution in [1.82, 2.24) is 5.32 Å². The molecule has 27 heavy (non-hydrogen) atoms. The number of hydrogen-bond donors (Lipinski definition) is 1. The molecule has 0 atom stereocenters. The Labute approximate surface area is 164 Å². The molecule has 1 N–H and O–H groups in total. The largest absolute Gasteiger partial charge is 0.490 e. The van der Waals surface area contributed by atoms with Crippen LogP contribution in [0.5, 0.6) is 11.5 Å². The van der Waals surface area contributed by atoms with E-state index in [9.17, 15) is 4.79 Å². The molecule has 0 spiro atoms. The zero-order valence-electron chi connectivity index (χ0n) is 15.3. The lowest BCUT2D eigenvalue weighted by molar-refractivity contribution is -0.121. The van der Waals surface area contributed by atoms with Gasteiger partial charge in [0.2, 0.25) is 5.91 Å². The van der Waals surface area contributed by atoms with Crippen LogP contribution in [-0.2, 0) is 16.6 Å². The van der Waals surface area contributed by atoms with Crippen LogP contribution in [0.2, 0.25) is 5.02 Å². The number of fused-ring (bicyclic) bond motifs is 1. The van der Waals surface area contributed by atoms with Crippen LogP contribution in [-0.4, -0.2) is 25.7 Å². The number of hydrogen-bond acceptors (Lipinski definition) is 3. The van der Waals surface area contributed by atoms with E-state index < -0.39 is 0 Å². The van der Waals surface area contributed by atoms with Crippen LogP contribution in [0.25, 0.3) is 0 Å². The Hall–Kier alpha value is -2.20. The number of halogens is 1. The Morgan fingerprint density at radius 3 is 2.52 bits per heavy atom. The SMILES string of the molecule is O=C(CCc1ccc2c(c1)OCCCO2)NCC1(c2ccc(Cl)cc2)CC1. The van der Waals surface area contributed by atoms with Crippen LogP contribution in [0, 0.1) is 0 Å². The molecule has 1 amide bonds. The second kappa shape index (κ2) is 7.81. The first-order valence-corrected chi connectivity index (χ1v) is 9.94. The second-order valence-corrected chi connectivity index (χ2v) is 7.83. The van der Waals surface area contributed by atoms with Crippen molar-refractivity contribution in [3.8, 4) is 11.5 Å². The molecule has 2 aliphatic rings. The van der Waals surface area contributed by atoms with Gasteiger partial charge < -0.3 is 14.8 Å². The molecule has 142 valence electrons. The average molecular weight is 386 g/mol. The van der Waals surface area contributed by atoms with Crippen molar-refractivity contribution in [2.45, 2.75) is 37.5 Å². The van der Waals surface area contributed by atoms with E-state index >= 15 is 0 Å². The number of ether oxygens (including phenoxy) is 2. The smallest absolute Gasteiger partial charge is 0.220 e. The first-order chi connectivity index (χ1) is 13.1. The maximum atomic E-state index is 12.3. The van der Waals surface area contributed by atoms with E-state index in [2.05, 4.69) is 17.4 Å². The summed E-state index contributed by atoms with van der Waals surface area (Å²) in [6.07, 6.45) is 4.27. The summed E-state index contributed by atoms with van der Waals surface area (Å²) in [7, 11) is 0. The summed E-state index contributed by atoms with van der Waals surface area (Å²) in [5.74, 6) is 1.66. The van der Waals surface area contributed by atoms with Gasteiger partial charge in [-0.1, -0.05) is 29.8 Å². The molecule has 0 radical (unpaired) electrons. The third-order valence-electron chi connectivity index (χ3n) is 5.39. The summed E-state index contributed by atoms with van der Waals surface area (Å²) in [5.41, 5.74) is 2.44. The maximum absolute atomic E-state index is 12.3. The van der Waals surface area contributed by atoms with Gasteiger partial charge in [0.05, 0.1) is 13.2 Å². The summed E-state index contributed by atoms with van der Waals surface area (Å²) in [6.45, 7) is 2.04. The average Bonchev–Trinajstić information content (AvgIpc) is 3.49. The predicted molar refractivity (Wildman–Crippen MR) is 106 cm³/mol. The van der Waals surface area contributed by atoms with E-state index in [1.807, 2.05) is 30.3 Å². The lowest BCUT2D eigenvalue weighted by Gasteiger charge is -2.17. The molecule has 0 unspecified atom stereocenters. The van der Waals surface area contributed by atoms with Crippen molar-refractivity contribution < 1.29 is 14.3 Å². The molecule has 4 rings (SSSR count). The van der Waals surface area contributed by atoms with Gasteiger partial charge in [0.15, 0.2) is 11.5 Å². The minimum atomic E-state index is 0.0855. The van der Waals surface area contributed by atoms with Gasteiger partial charge in [-0.15, -0.1) is 0 Å². The van der Waals surface area contributed by atoms with Gasteiger partial charge in [-0.3, -0.25) is 4.79 Å². The first-order valence-electron chi connectivity index (χ1n) is 9.56. The molecule has 1 aliphatic carbocycles. The number of nitrogens with one attached hydrogen (secondary N) is 1. The molecule has 1 fully saturated rings. The Kier molecular flexibility index (Phi) is 5.26. The number of amides is 1. The molecule has 1 heterocycles. The first kappa shape index (κ1) is 18.2. The van der Waals surface area contributed by atoms with E-state index in [1.165, 1.54) is 5.56 Å². The van der Waals surface area contributed by atoms with Crippen LogP contribution < -0.4 is 14.8 Å². The predicted octanol–water partition coefficient (Wildman–Crippen LogP) is 4.28. The van der Waals surface area contributed by atoms with E-state index in [-0.39, 0.29) is 11.3 Å². The summed E-state index contributed by atoms with van der Waals surface area (Å²) >= 11 is 5.98. The highest BCUT2D eigenvalue weighted by Gasteiger charge is 2.44. The normalized spacial score (nSPS) is 17.1. The molecule has 0 saturated heterocycles. The van der Waals surface area contributed by atoms with E-state index in [1.54, 1.807) is 0 Å². The minimum absolute atomic E-state index is 0.0855. The van der Waals surface area contributed by atoms with Gasteiger partial charge >= 0.3 is 0 Å². The third-order valence-corrected chi connectivity index (χ3v) is 5.64. The molecule has 5 heteroatoms. The standard InChI is InChI=1S/C22H24ClNO3/c23-18-6-4-17(5-7-18)22(10-11-22)15-24-21(25)9-3-16-2-8-19-20(14-16)27-13-1-12-26-19/h2,4-8,14H,1,3,9-13,15H2,(H,24,25). The summed E-state index contributed by atoms with van der Waals surface area (Å²) in [5, 5.41) is 3.86. The van der Waals surface area contributed by atoms with Gasteiger partial charge in [0.1, 0.15) is 0 Å². The van der Waals surface area contributed by atoms with Gasteiger partial charge in [-0.25, -0.2) is 0 Å². The van der Waals surface area contributed by atoms with Crippen molar-refractivity contribution >= 4 is 17.5 Å². The van der Waals surface area contributed by atoms with Crippen LogP contribution >= 0.6 is 11.6 Å². The zero-order chi connectivity index (χ0) is 18.7. The molecule has 1 aliphatic heterocycles. The fraction of sp³-hybridized carbons (Fsp3) is 0.409. The monoisotopic (exact) mass is 385 g/mol. The Balaban J connectivity index is 1.29. The van der Waals surface area contributed by atoms with Gasteiger partial charge in [0, 0.05) is 29.8 Å². The maximum Gasteiger partial charge on any atom is 0.220 e. The number of rotatable bonds is 6. The molecule has 0 aromatic heterocycles. The quantitative estimate of drug-likeness (QED) is 0.807. The van der Waals surface area contributed by atoms with E-state index in [0.717, 1.165) is 41.3 Å². The molecular formula is C22H24ClNO3. The van der Waals surface area contributed by atoms with Crippen molar-refractivity contribution in [3.63, 3.8) is 0 Å². The van der Waals surface area contributed by atoms with Crippen molar-refractivity contribution in [2.75, 3.05) is 19.8 Å². The highest BCUT2D eigenvalue weighted by molar-refractivity contribution is 6.30. The molecule has 1 saturated carbocycles. The lowest BCUT2D eigenvalue weighted by atomic mass is 9.96. The molecular weight excluding hydrogens is 362 g/mol. The minimum Gasteiger partial charge on any atom is -0.490 e. The summed E-state index contributed by atoms with van der Waals surface area (Å²) in [4.78, 5) is 12.3. The Morgan fingerprint density at radius 1 is 1.04 bits per heavy atom. The van der Waals surface area contributed by atoms with E-state index in [4.69, 9.17) is 21.1 Å². The van der Waals surface area contributed by atoms with Crippen LogP contribution in [0.1, 0.15) is 36.8 Å². The second-order valence-electron chi connectivity index (χ2n) is 7.40. The fourth-order valence-corrected chi connectivity index (χ4v) is 3.63. The van der Waals surface area contributed by atoms with Crippen molar-refractivity contribution in [3.05, 3.63) is 58.6 Å². The molecule has 2 aromatic carbocycles. The summed E-state index contributed by atoms with van der Waals surface area (Å²) in [6, 6.07) is 13.9. The van der Waals surface area contributed by atoms with Crippen LogP contribution in [0.15, 0.2) is 42.5 Å². The highest BCUT2D eigenvalue weighted by atomic mass is 35.5. The fourth-order valence-electron chi connectivity index (χ4n) is 3.50. The number of carbonyl (C=O) groups excluding carboxylic acids is 1. The number of benzene rings is 2. The molecule has 4 nitrogen and oxygen atoms in total. The van der Waals surface area contributed by atoms with Crippen molar-refractivity contribution in [2.24, 2.45) is 0 Å². The molecule has 0 bridgehead atoms. The molecule has 2 aromatic rings. The number of carbonyl (C=O) groups is 1. The van der Waals surface area contributed by atoms with E-state index in [0.29, 0.717) is 32.6 Å². The van der Waals surface area contributed by atoms with Gasteiger partial charge in [0.25, 0.3) is 0 Å². The highest BCUT2D eigenvalue weighted by Crippen LogP contribution is 2.47. The van der Waals surface area contributed by atoms with Gasteiger partial charge in [-0.05, 0) is 54.7 Å². The van der Waals surface area contributed by atoms with Crippen LogP contribution in [0.3, 0.4) is 0 Å². The Morgan fingerprint density at radius 2 is 1.78 bits per heavy atom. The van der Waals surface area contributed by atoms with Crippen LogP contribution in [0.4, 0.5) is 0 Å². The third kappa shape index (κ3) is 4.38. The topological polar surface area (TPSA) is 47.6 Å². The van der Waals surface area contributed by atoms with Crippen molar-refractivity contribution in [1.29, 1.82) is 0 Å². The zero-order valence-corrected chi connectivity index (χ0v) is 16.1. The van der Waals surface area contributed by atoms with Gasteiger partial charge in [-0.2, -0.15) is 0 Å². The summed E-state index contributed by atoms with van der Waals surface area (Å²) < 4.78 is 11.4. The Bertz CT molecular complexity index is 815.